The molecule has 16 heteroatoms. The number of aldehydes is 1. The van der Waals surface area contributed by atoms with E-state index in [4.69, 9.17) is 26.5 Å². The first-order valence-corrected chi connectivity index (χ1v) is 26.8. The van der Waals surface area contributed by atoms with Crippen LogP contribution in [-0.4, -0.2) is 133 Å². The lowest BCUT2D eigenvalue weighted by Crippen LogP contribution is -2.59. The number of pyridine rings is 1. The number of carbonyl (C=O) groups is 2. The van der Waals surface area contributed by atoms with Crippen molar-refractivity contribution in [1.29, 1.82) is 5.41 Å². The van der Waals surface area contributed by atoms with Gasteiger partial charge in [-0.2, -0.15) is 9.97 Å². The van der Waals surface area contributed by atoms with Gasteiger partial charge in [-0.05, 0) is 136 Å². The molecule has 2 saturated carbocycles. The molecule has 5 aromatic rings. The van der Waals surface area contributed by atoms with E-state index in [1.807, 2.05) is 13.1 Å². The fraction of sp³-hybridized carbons (Fsp3) is 0.517. The average molecular weight is 1010 g/mol. The summed E-state index contributed by atoms with van der Waals surface area (Å²) in [6, 6.07) is 12.6. The van der Waals surface area contributed by atoms with Crippen molar-refractivity contribution in [3.8, 4) is 35.4 Å². The van der Waals surface area contributed by atoms with Crippen LogP contribution in [0.15, 0.2) is 48.7 Å². The lowest BCUT2D eigenvalue weighted by atomic mass is 9.65. The molecule has 6 fully saturated rings. The first-order valence-electron chi connectivity index (χ1n) is 26.8. The summed E-state index contributed by atoms with van der Waals surface area (Å²) >= 11 is 0. The maximum atomic E-state index is 17.2. The Morgan fingerprint density at radius 2 is 1.76 bits per heavy atom. The maximum absolute atomic E-state index is 17.2. The molecule has 6 heterocycles. The number of piperazine rings is 1. The number of likely N-dealkylation sites (tertiary alicyclic amines) is 2. The third-order valence-electron chi connectivity index (χ3n) is 17.6. The van der Waals surface area contributed by atoms with Gasteiger partial charge in [-0.1, -0.05) is 24.1 Å². The summed E-state index contributed by atoms with van der Waals surface area (Å²) in [6.45, 7) is 8.36. The largest absolute Gasteiger partial charge is 0.508 e. The van der Waals surface area contributed by atoms with Gasteiger partial charge in [0.15, 0.2) is 5.82 Å². The minimum atomic E-state index is -0.717. The molecular formula is C58H68F2N10O4. The molecule has 2 aliphatic carbocycles. The molecule has 0 radical (unpaired) electrons. The zero-order chi connectivity index (χ0) is 51.3. The van der Waals surface area contributed by atoms with Crippen molar-refractivity contribution in [1.82, 2.24) is 35.4 Å². The van der Waals surface area contributed by atoms with Gasteiger partial charge in [0.05, 0.1) is 29.2 Å². The van der Waals surface area contributed by atoms with Crippen LogP contribution in [0.25, 0.3) is 32.9 Å². The number of benzene rings is 3. The molecule has 5 N–H and O–H groups in total. The number of aromatic hydroxyl groups is 1. The van der Waals surface area contributed by atoms with Crippen molar-refractivity contribution in [3.63, 3.8) is 0 Å². The second-order valence-electron chi connectivity index (χ2n) is 22.6. The monoisotopic (exact) mass is 1010 g/mol. The van der Waals surface area contributed by atoms with Gasteiger partial charge >= 0.3 is 6.01 Å². The van der Waals surface area contributed by atoms with E-state index in [0.717, 1.165) is 89.8 Å². The number of nitrogens with one attached hydrogen (secondary N) is 4. The van der Waals surface area contributed by atoms with Crippen LogP contribution in [0.3, 0.4) is 0 Å². The number of nitrogens with zero attached hydrogens (tertiary/aromatic N) is 6. The number of phenolic OH excluding ortho intramolecular Hbond substituents is 1. The highest BCUT2D eigenvalue weighted by molar-refractivity contribution is 6.10. The zero-order valence-corrected chi connectivity index (χ0v) is 42.6. The summed E-state index contributed by atoms with van der Waals surface area (Å²) < 4.78 is 38.8. The summed E-state index contributed by atoms with van der Waals surface area (Å²) in [5, 5.41) is 30.3. The van der Waals surface area contributed by atoms with E-state index >= 15 is 8.78 Å². The Hall–Kier alpha value is -6.28. The summed E-state index contributed by atoms with van der Waals surface area (Å²) in [4.78, 5) is 45.5. The lowest BCUT2D eigenvalue weighted by molar-refractivity contribution is -0.120. The molecule has 2 bridgehead atoms. The standard InChI is InChI=1S/C58H68F2N10O4/c1-4-43-47(59)11-6-38-23-42(72)25-45(50(38)43)53-51(60)54-46(26-64-53)55(70-28-40-8-9-41(29-70)65-40)67-56(66-54)74-34-58(19-20-58)33-69-31-57(32-69)17-13-35(14-18-57)27-68-21-15-36(16-22-68)37-5-10-44(48(24-37)62-2)52(61)39(30-71)7-12-49(73)63-3/h1,5-6,10-11,23-26,30,35-36,39-41,61-62,65,72H,7-9,12-22,27-29,31-34H2,2-3H3,(H,63,73). The predicted octanol–water partition coefficient (Wildman–Crippen LogP) is 8.03. The number of phenols is 1. The number of hydrogen-bond acceptors (Lipinski definition) is 13. The van der Waals surface area contributed by atoms with Crippen molar-refractivity contribution in [2.24, 2.45) is 22.7 Å². The van der Waals surface area contributed by atoms with Crippen LogP contribution in [0.1, 0.15) is 99.7 Å². The fourth-order valence-electron chi connectivity index (χ4n) is 13.2. The van der Waals surface area contributed by atoms with Crippen LogP contribution in [0.5, 0.6) is 11.8 Å². The number of halogens is 2. The minimum absolute atomic E-state index is 0.0104. The van der Waals surface area contributed by atoms with Gasteiger partial charge in [-0.25, -0.2) is 8.78 Å². The maximum Gasteiger partial charge on any atom is 0.319 e. The molecular weight excluding hydrogens is 939 g/mol. The molecule has 6 aliphatic rings. The van der Waals surface area contributed by atoms with Gasteiger partial charge < -0.3 is 50.7 Å². The first kappa shape index (κ1) is 49.9. The Balaban J connectivity index is 0.698. The number of hydrogen-bond donors (Lipinski definition) is 5. The highest BCUT2D eigenvalue weighted by Gasteiger charge is 2.51. The smallest absolute Gasteiger partial charge is 0.319 e. The molecule has 14 nitrogen and oxygen atoms in total. The normalized spacial score (nSPS) is 22.1. The van der Waals surface area contributed by atoms with E-state index in [2.05, 4.69) is 53.7 Å². The number of anilines is 2. The Kier molecular flexibility index (Phi) is 13.8. The number of ether oxygens (including phenoxy) is 1. The summed E-state index contributed by atoms with van der Waals surface area (Å²) in [5.74, 6) is 1.94. The third-order valence-corrected chi connectivity index (χ3v) is 17.6. The fourth-order valence-corrected chi connectivity index (χ4v) is 13.2. The Morgan fingerprint density at radius 1 is 1.00 bits per heavy atom. The van der Waals surface area contributed by atoms with Crippen molar-refractivity contribution in [3.05, 3.63) is 77.0 Å². The molecule has 3 atom stereocenters. The minimum Gasteiger partial charge on any atom is -0.508 e. The summed E-state index contributed by atoms with van der Waals surface area (Å²) in [7, 11) is 3.43. The highest BCUT2D eigenvalue weighted by Crippen LogP contribution is 2.52. The van der Waals surface area contributed by atoms with Crippen molar-refractivity contribution in [2.45, 2.75) is 95.1 Å². The highest BCUT2D eigenvalue weighted by atomic mass is 19.1. The molecule has 11 rings (SSSR count). The van der Waals surface area contributed by atoms with E-state index < -0.39 is 17.6 Å². The zero-order valence-electron chi connectivity index (χ0n) is 42.6. The van der Waals surface area contributed by atoms with Crippen LogP contribution in [0.4, 0.5) is 20.3 Å². The number of fused-ring (bicyclic) bond motifs is 4. The molecule has 74 heavy (non-hydrogen) atoms. The van der Waals surface area contributed by atoms with E-state index in [-0.39, 0.29) is 57.6 Å². The molecule has 2 aromatic heterocycles. The topological polar surface area (TPSA) is 172 Å². The van der Waals surface area contributed by atoms with E-state index in [0.29, 0.717) is 83.0 Å². The Morgan fingerprint density at radius 3 is 2.45 bits per heavy atom. The Bertz CT molecular complexity index is 3010. The molecule has 1 amide bonds. The van der Waals surface area contributed by atoms with Gasteiger partial charge in [-0.3, -0.25) is 9.78 Å². The quantitative estimate of drug-likeness (QED) is 0.0346. The van der Waals surface area contributed by atoms with Crippen LogP contribution in [0.2, 0.25) is 0 Å². The van der Waals surface area contributed by atoms with Crippen LogP contribution < -0.4 is 25.6 Å². The molecule has 3 aromatic carbocycles. The summed E-state index contributed by atoms with van der Waals surface area (Å²) in [6.07, 6.45) is 20.1. The van der Waals surface area contributed by atoms with Crippen LogP contribution >= 0.6 is 0 Å². The number of terminal acetylenes is 1. The van der Waals surface area contributed by atoms with E-state index in [1.54, 1.807) is 13.2 Å². The lowest BCUT2D eigenvalue weighted by Gasteiger charge is -2.55. The summed E-state index contributed by atoms with van der Waals surface area (Å²) in [5.41, 5.74) is 3.56. The molecule has 388 valence electrons. The van der Waals surface area contributed by atoms with E-state index in [9.17, 15) is 14.7 Å². The van der Waals surface area contributed by atoms with Gasteiger partial charge in [0, 0.05) is 106 Å². The number of piperidine rings is 1. The SMILES string of the molecule is C#Cc1c(F)ccc2cc(O)cc(-c3ncc4c(N5CC6CCC(C5)N6)nc(OCC5(CN6CC7(CCC(CN8CCC(c9ccc(C(=N)C(C=O)CCC(=O)NC)c(NC)c9)CC8)CC7)C6)CC5)nc4c3F)c12. The van der Waals surface area contributed by atoms with Crippen molar-refractivity contribution < 1.29 is 28.2 Å². The molecule has 1 spiro atoms. The van der Waals surface area contributed by atoms with Crippen LogP contribution in [0, 0.1) is 52.1 Å². The first-order chi connectivity index (χ1) is 35.9. The third kappa shape index (κ3) is 9.90. The van der Waals surface area contributed by atoms with Crippen LogP contribution in [-0.2, 0) is 9.59 Å². The predicted molar refractivity (Wildman–Crippen MR) is 284 cm³/mol. The van der Waals surface area contributed by atoms with Gasteiger partial charge in [0.2, 0.25) is 5.91 Å². The number of amides is 1. The number of aromatic nitrogens is 3. The molecule has 4 saturated heterocycles. The molecule has 4 aliphatic heterocycles. The second kappa shape index (κ2) is 20.4. The average Bonchev–Trinajstić information content (AvgIpc) is 4.10. The van der Waals surface area contributed by atoms with Gasteiger partial charge in [0.25, 0.3) is 0 Å². The second-order valence-corrected chi connectivity index (χ2v) is 22.6. The van der Waals surface area contributed by atoms with Gasteiger partial charge in [-0.15, -0.1) is 6.42 Å². The Labute approximate surface area is 431 Å². The number of carbonyl (C=O) groups excluding carboxylic acids is 2. The van der Waals surface area contributed by atoms with Crippen molar-refractivity contribution >= 4 is 51.1 Å². The number of rotatable bonds is 17. The molecule has 3 unspecified atom stereocenters. The van der Waals surface area contributed by atoms with Crippen molar-refractivity contribution in [2.75, 3.05) is 83.3 Å². The van der Waals surface area contributed by atoms with Gasteiger partial charge in [0.1, 0.15) is 34.9 Å². The van der Waals surface area contributed by atoms with E-state index in [1.165, 1.54) is 55.5 Å².